The lowest BCUT2D eigenvalue weighted by molar-refractivity contribution is -0.0514. The first kappa shape index (κ1) is 22.9. The largest absolute Gasteiger partial charge is 0.490 e. The number of benzene rings is 1. The van der Waals surface area contributed by atoms with Crippen molar-refractivity contribution >= 4 is 17.3 Å². The highest BCUT2D eigenvalue weighted by molar-refractivity contribution is 7.08. The molecule has 0 radical (unpaired) electrons. The number of halogens is 2. The quantitative estimate of drug-likeness (QED) is 0.398. The summed E-state index contributed by atoms with van der Waals surface area (Å²) in [6.45, 7) is 4.08. The fourth-order valence-corrected chi connectivity index (χ4v) is 3.34. The minimum Gasteiger partial charge on any atom is -0.490 e. The van der Waals surface area contributed by atoms with Gasteiger partial charge in [0.1, 0.15) is 5.60 Å². The van der Waals surface area contributed by atoms with E-state index >= 15 is 0 Å². The number of aliphatic hydroxyl groups is 1. The van der Waals surface area contributed by atoms with Crippen LogP contribution in [0.1, 0.15) is 31.9 Å². The first-order valence-corrected chi connectivity index (χ1v) is 10.3. The van der Waals surface area contributed by atoms with Crippen LogP contribution in [-0.2, 0) is 12.1 Å². The molecule has 9 heteroatoms. The normalized spacial score (nSPS) is 13.8. The summed E-state index contributed by atoms with van der Waals surface area (Å²) in [5.41, 5.74) is 0.575. The van der Waals surface area contributed by atoms with Crippen LogP contribution < -0.4 is 20.1 Å². The summed E-state index contributed by atoms with van der Waals surface area (Å²) in [6.07, 6.45) is 0. The highest BCUT2D eigenvalue weighted by Crippen LogP contribution is 2.30. The third-order valence-electron chi connectivity index (χ3n) is 4.03. The van der Waals surface area contributed by atoms with Crippen molar-refractivity contribution in [2.45, 2.75) is 39.5 Å². The van der Waals surface area contributed by atoms with E-state index in [2.05, 4.69) is 20.4 Å². The van der Waals surface area contributed by atoms with Gasteiger partial charge in [-0.3, -0.25) is 0 Å². The molecule has 0 saturated heterocycles. The van der Waals surface area contributed by atoms with E-state index in [4.69, 9.17) is 4.74 Å². The van der Waals surface area contributed by atoms with Gasteiger partial charge in [0.25, 0.3) is 0 Å². The first-order chi connectivity index (χ1) is 13.9. The first-order valence-electron chi connectivity index (χ1n) is 9.33. The minimum atomic E-state index is -2.92. The summed E-state index contributed by atoms with van der Waals surface area (Å²) in [5, 5.41) is 20.7. The number of ether oxygens (including phenoxy) is 2. The SMILES string of the molecule is CCNC(=NCc1ccc(OC(F)F)c(OCC)c1)NCC(C)(O)c1ccsc1. The molecule has 2 aromatic rings. The standard InChI is InChI=1S/C20H27F2N3O3S/c1-4-23-19(25-13-20(3,26)15-8-9-29-12-15)24-11-14-6-7-16(28-18(21)22)17(10-14)27-5-2/h6-10,12,18,26H,4-5,11,13H2,1-3H3,(H2,23,24,25). The minimum absolute atomic E-state index is 0.00794. The Morgan fingerprint density at radius 3 is 2.66 bits per heavy atom. The van der Waals surface area contributed by atoms with Crippen molar-refractivity contribution in [3.63, 3.8) is 0 Å². The number of thiophene rings is 1. The molecule has 2 rings (SSSR count). The summed E-state index contributed by atoms with van der Waals surface area (Å²) in [6, 6.07) is 6.63. The van der Waals surface area contributed by atoms with Crippen LogP contribution in [0.4, 0.5) is 8.78 Å². The second kappa shape index (κ2) is 11.0. The molecule has 29 heavy (non-hydrogen) atoms. The topological polar surface area (TPSA) is 75.1 Å². The van der Waals surface area contributed by atoms with Gasteiger partial charge in [-0.25, -0.2) is 4.99 Å². The van der Waals surface area contributed by atoms with Gasteiger partial charge in [-0.05, 0) is 60.9 Å². The Bertz CT molecular complexity index is 783. The molecule has 0 aliphatic rings. The van der Waals surface area contributed by atoms with Crippen LogP contribution in [0.25, 0.3) is 0 Å². The molecule has 1 heterocycles. The van der Waals surface area contributed by atoms with E-state index in [1.807, 2.05) is 23.8 Å². The fraction of sp³-hybridized carbons (Fsp3) is 0.450. The Balaban J connectivity index is 2.08. The van der Waals surface area contributed by atoms with Crippen molar-refractivity contribution in [2.75, 3.05) is 19.7 Å². The van der Waals surface area contributed by atoms with Gasteiger partial charge in [-0.1, -0.05) is 6.07 Å². The average Bonchev–Trinajstić information content (AvgIpc) is 3.21. The molecule has 0 aliphatic heterocycles. The van der Waals surface area contributed by atoms with Gasteiger partial charge in [-0.15, -0.1) is 0 Å². The van der Waals surface area contributed by atoms with E-state index in [-0.39, 0.29) is 18.0 Å². The number of aliphatic imine (C=N–C) groups is 1. The molecule has 0 saturated carbocycles. The van der Waals surface area contributed by atoms with Crippen LogP contribution in [0, 0.1) is 0 Å². The smallest absolute Gasteiger partial charge is 0.387 e. The van der Waals surface area contributed by atoms with E-state index in [0.717, 1.165) is 11.1 Å². The summed E-state index contributed by atoms with van der Waals surface area (Å²) in [7, 11) is 0. The maximum absolute atomic E-state index is 12.5. The van der Waals surface area contributed by atoms with E-state index in [1.165, 1.54) is 17.4 Å². The third kappa shape index (κ3) is 7.17. The third-order valence-corrected chi connectivity index (χ3v) is 4.71. The maximum Gasteiger partial charge on any atom is 0.387 e. The summed E-state index contributed by atoms with van der Waals surface area (Å²) in [4.78, 5) is 4.50. The van der Waals surface area contributed by atoms with Gasteiger partial charge >= 0.3 is 6.61 Å². The van der Waals surface area contributed by atoms with Gasteiger partial charge in [0.2, 0.25) is 0 Å². The number of rotatable bonds is 10. The second-order valence-electron chi connectivity index (χ2n) is 6.43. The lowest BCUT2D eigenvalue weighted by Gasteiger charge is -2.24. The molecule has 0 spiro atoms. The number of nitrogens with zero attached hydrogens (tertiary/aromatic N) is 1. The van der Waals surface area contributed by atoms with Crippen molar-refractivity contribution in [3.8, 4) is 11.5 Å². The Morgan fingerprint density at radius 2 is 2.03 bits per heavy atom. The predicted octanol–water partition coefficient (Wildman–Crippen LogP) is 3.71. The molecule has 1 atom stereocenters. The second-order valence-corrected chi connectivity index (χ2v) is 7.21. The van der Waals surface area contributed by atoms with Crippen molar-refractivity contribution in [1.29, 1.82) is 0 Å². The van der Waals surface area contributed by atoms with Gasteiger partial charge < -0.3 is 25.2 Å². The maximum atomic E-state index is 12.5. The highest BCUT2D eigenvalue weighted by atomic mass is 32.1. The van der Waals surface area contributed by atoms with Gasteiger partial charge in [-0.2, -0.15) is 20.1 Å². The van der Waals surface area contributed by atoms with Crippen molar-refractivity contribution in [2.24, 2.45) is 4.99 Å². The van der Waals surface area contributed by atoms with E-state index in [9.17, 15) is 13.9 Å². The monoisotopic (exact) mass is 427 g/mol. The lowest BCUT2D eigenvalue weighted by atomic mass is 9.99. The zero-order valence-corrected chi connectivity index (χ0v) is 17.6. The number of nitrogens with one attached hydrogen (secondary N) is 2. The summed E-state index contributed by atoms with van der Waals surface area (Å²) >= 11 is 1.53. The van der Waals surface area contributed by atoms with Crippen LogP contribution >= 0.6 is 11.3 Å². The molecule has 1 aromatic carbocycles. The molecule has 6 nitrogen and oxygen atoms in total. The lowest BCUT2D eigenvalue weighted by Crippen LogP contribution is -2.44. The van der Waals surface area contributed by atoms with Crippen molar-refractivity contribution in [1.82, 2.24) is 10.6 Å². The van der Waals surface area contributed by atoms with Crippen molar-refractivity contribution in [3.05, 3.63) is 46.2 Å². The van der Waals surface area contributed by atoms with Crippen LogP contribution in [0.2, 0.25) is 0 Å². The Morgan fingerprint density at radius 1 is 1.24 bits per heavy atom. The molecule has 0 bridgehead atoms. The molecular weight excluding hydrogens is 400 g/mol. The molecule has 160 valence electrons. The Hall–Kier alpha value is -2.39. The van der Waals surface area contributed by atoms with Crippen LogP contribution in [0.15, 0.2) is 40.0 Å². The van der Waals surface area contributed by atoms with E-state index in [0.29, 0.717) is 25.7 Å². The van der Waals surface area contributed by atoms with Crippen LogP contribution in [-0.4, -0.2) is 37.4 Å². The van der Waals surface area contributed by atoms with Gasteiger partial charge in [0.15, 0.2) is 17.5 Å². The Kier molecular flexibility index (Phi) is 8.66. The van der Waals surface area contributed by atoms with E-state index < -0.39 is 12.2 Å². The van der Waals surface area contributed by atoms with Gasteiger partial charge in [0, 0.05) is 6.54 Å². The highest BCUT2D eigenvalue weighted by Gasteiger charge is 2.23. The van der Waals surface area contributed by atoms with Crippen LogP contribution in [0.5, 0.6) is 11.5 Å². The number of alkyl halides is 2. The molecular formula is C20H27F2N3O3S. The predicted molar refractivity (Wildman–Crippen MR) is 111 cm³/mol. The number of hydrogen-bond donors (Lipinski definition) is 3. The average molecular weight is 428 g/mol. The van der Waals surface area contributed by atoms with E-state index in [1.54, 1.807) is 26.0 Å². The molecule has 0 fully saturated rings. The van der Waals surface area contributed by atoms with Crippen molar-refractivity contribution < 1.29 is 23.4 Å². The fourth-order valence-electron chi connectivity index (χ4n) is 2.55. The molecule has 0 aliphatic carbocycles. The summed E-state index contributed by atoms with van der Waals surface area (Å²) in [5.74, 6) is 0.777. The molecule has 0 amide bonds. The number of hydrogen-bond acceptors (Lipinski definition) is 5. The molecule has 3 N–H and O–H groups in total. The van der Waals surface area contributed by atoms with Crippen LogP contribution in [0.3, 0.4) is 0 Å². The zero-order valence-electron chi connectivity index (χ0n) is 16.7. The molecule has 1 aromatic heterocycles. The molecule has 1 unspecified atom stereocenters. The Labute approximate surface area is 173 Å². The zero-order chi connectivity index (χ0) is 21.3. The summed E-state index contributed by atoms with van der Waals surface area (Å²) < 4.78 is 34.9. The number of guanidine groups is 1. The van der Waals surface area contributed by atoms with Gasteiger partial charge in [0.05, 0.1) is 19.7 Å².